The molecule has 1 heterocycles. The third-order valence-electron chi connectivity index (χ3n) is 1.22. The minimum absolute atomic E-state index is 0.902. The summed E-state index contributed by atoms with van der Waals surface area (Å²) in [5.41, 5.74) is 0.902. The average Bonchev–Trinajstić information content (AvgIpc) is 2.37. The number of rotatable bonds is 1. The van der Waals surface area contributed by atoms with Crippen LogP contribution in [0.4, 0.5) is 0 Å². The lowest BCUT2D eigenvalue weighted by molar-refractivity contribution is 0.987. The number of hydrogen-bond donors (Lipinski definition) is 1. The van der Waals surface area contributed by atoms with Gasteiger partial charge in [0.2, 0.25) is 0 Å². The lowest BCUT2D eigenvalue weighted by atomic mass is 10.4. The van der Waals surface area contributed by atoms with Gasteiger partial charge in [0.15, 0.2) is 0 Å². The topological polar surface area (TPSA) is 28.7 Å². The van der Waals surface area contributed by atoms with Crippen LogP contribution in [0.1, 0.15) is 25.4 Å². The third kappa shape index (κ3) is 1.38. The molecule has 0 aliphatic carbocycles. The Balaban J connectivity index is 2.84. The zero-order chi connectivity index (χ0) is 7.40. The van der Waals surface area contributed by atoms with Crippen molar-refractivity contribution in [3.8, 4) is 11.8 Å². The normalized spacial score (nSPS) is 8.60. The maximum absolute atomic E-state index is 4.10. The predicted molar refractivity (Wildman–Crippen MR) is 40.5 cm³/mol. The Labute approximate surface area is 60.7 Å². The van der Waals surface area contributed by atoms with Crippen LogP contribution in [-0.2, 0) is 6.42 Å². The Kier molecular flexibility index (Phi) is 2.11. The first-order valence-corrected chi connectivity index (χ1v) is 3.33. The summed E-state index contributed by atoms with van der Waals surface area (Å²) in [4.78, 5) is 7.17. The van der Waals surface area contributed by atoms with Gasteiger partial charge in [-0.05, 0) is 12.8 Å². The van der Waals surface area contributed by atoms with Gasteiger partial charge in [-0.15, -0.1) is 0 Å². The Bertz CT molecular complexity index is 262. The molecule has 0 radical (unpaired) electrons. The second kappa shape index (κ2) is 3.07. The maximum Gasteiger partial charge on any atom is 0.109 e. The molecule has 10 heavy (non-hydrogen) atoms. The fourth-order valence-corrected chi connectivity index (χ4v) is 0.740. The van der Waals surface area contributed by atoms with E-state index in [0.29, 0.717) is 0 Å². The van der Waals surface area contributed by atoms with E-state index in [-0.39, 0.29) is 0 Å². The number of nitrogens with one attached hydrogen (secondary N) is 1. The maximum atomic E-state index is 4.10. The second-order valence-electron chi connectivity index (χ2n) is 1.97. The molecule has 0 unspecified atom stereocenters. The van der Waals surface area contributed by atoms with Crippen molar-refractivity contribution in [2.75, 3.05) is 0 Å². The van der Waals surface area contributed by atoms with Crippen LogP contribution in [-0.4, -0.2) is 9.97 Å². The first-order chi connectivity index (χ1) is 4.86. The standard InChI is InChI=1S/C8H10N2/c1-3-5-7-6-9-8(4-2)10-7/h6H,4H2,1-2H3,(H,9,10). The summed E-state index contributed by atoms with van der Waals surface area (Å²) in [7, 11) is 0. The predicted octanol–water partition coefficient (Wildman–Crippen LogP) is 1.34. The molecule has 1 rings (SSSR count). The van der Waals surface area contributed by atoms with E-state index in [1.165, 1.54) is 0 Å². The fourth-order valence-electron chi connectivity index (χ4n) is 0.740. The lowest BCUT2D eigenvalue weighted by Gasteiger charge is -1.82. The van der Waals surface area contributed by atoms with Crippen LogP contribution >= 0.6 is 0 Å². The largest absolute Gasteiger partial charge is 0.336 e. The van der Waals surface area contributed by atoms with E-state index in [0.717, 1.165) is 17.9 Å². The molecule has 52 valence electrons. The van der Waals surface area contributed by atoms with Crippen LogP contribution in [0.25, 0.3) is 0 Å². The van der Waals surface area contributed by atoms with Gasteiger partial charge in [-0.1, -0.05) is 12.8 Å². The minimum Gasteiger partial charge on any atom is -0.336 e. The summed E-state index contributed by atoms with van der Waals surface area (Å²) >= 11 is 0. The van der Waals surface area contributed by atoms with E-state index < -0.39 is 0 Å². The van der Waals surface area contributed by atoms with Crippen molar-refractivity contribution in [2.24, 2.45) is 0 Å². The molecule has 0 spiro atoms. The average molecular weight is 134 g/mol. The highest BCUT2D eigenvalue weighted by Gasteiger charge is 1.92. The zero-order valence-corrected chi connectivity index (χ0v) is 6.23. The molecule has 0 saturated heterocycles. The van der Waals surface area contributed by atoms with Crippen LogP contribution in [0, 0.1) is 11.8 Å². The third-order valence-corrected chi connectivity index (χ3v) is 1.22. The van der Waals surface area contributed by atoms with Crippen LogP contribution < -0.4 is 0 Å². The summed E-state index contributed by atoms with van der Waals surface area (Å²) in [6, 6.07) is 0. The number of imidazole rings is 1. The molecule has 0 saturated carbocycles. The molecule has 0 bridgehead atoms. The molecule has 2 nitrogen and oxygen atoms in total. The van der Waals surface area contributed by atoms with Gasteiger partial charge in [0.1, 0.15) is 11.5 Å². The number of aryl methyl sites for hydroxylation is 1. The van der Waals surface area contributed by atoms with Gasteiger partial charge in [0.25, 0.3) is 0 Å². The SMILES string of the molecule is CC#Cc1cnc(CC)[nH]1. The highest BCUT2D eigenvalue weighted by atomic mass is 14.9. The fraction of sp³-hybridized carbons (Fsp3) is 0.375. The number of aromatic nitrogens is 2. The van der Waals surface area contributed by atoms with Crippen molar-refractivity contribution in [1.82, 2.24) is 9.97 Å². The van der Waals surface area contributed by atoms with Crippen molar-refractivity contribution in [1.29, 1.82) is 0 Å². The van der Waals surface area contributed by atoms with E-state index in [9.17, 15) is 0 Å². The molecular formula is C8H10N2. The van der Waals surface area contributed by atoms with Crippen molar-refractivity contribution >= 4 is 0 Å². The van der Waals surface area contributed by atoms with Gasteiger partial charge in [-0.25, -0.2) is 4.98 Å². The number of aromatic amines is 1. The van der Waals surface area contributed by atoms with Crippen LogP contribution in [0.2, 0.25) is 0 Å². The molecule has 1 aromatic heterocycles. The Morgan fingerprint density at radius 2 is 2.50 bits per heavy atom. The van der Waals surface area contributed by atoms with Gasteiger partial charge >= 0.3 is 0 Å². The monoisotopic (exact) mass is 134 g/mol. The molecule has 2 heteroatoms. The molecule has 1 N–H and O–H groups in total. The molecule has 1 aromatic rings. The van der Waals surface area contributed by atoms with Crippen LogP contribution in [0.15, 0.2) is 6.20 Å². The first-order valence-electron chi connectivity index (χ1n) is 3.33. The van der Waals surface area contributed by atoms with Crippen molar-refractivity contribution < 1.29 is 0 Å². The van der Waals surface area contributed by atoms with Crippen molar-refractivity contribution in [3.63, 3.8) is 0 Å². The molecule has 0 amide bonds. The Morgan fingerprint density at radius 1 is 1.70 bits per heavy atom. The Hall–Kier alpha value is -1.23. The molecule has 0 aliphatic rings. The quantitative estimate of drug-likeness (QED) is 0.577. The zero-order valence-electron chi connectivity index (χ0n) is 6.23. The van der Waals surface area contributed by atoms with E-state index in [4.69, 9.17) is 0 Å². The van der Waals surface area contributed by atoms with E-state index in [2.05, 4.69) is 28.7 Å². The number of hydrogen-bond acceptors (Lipinski definition) is 1. The van der Waals surface area contributed by atoms with Crippen molar-refractivity contribution in [3.05, 3.63) is 17.7 Å². The van der Waals surface area contributed by atoms with Gasteiger partial charge in [0.05, 0.1) is 6.20 Å². The van der Waals surface area contributed by atoms with Crippen molar-refractivity contribution in [2.45, 2.75) is 20.3 Å². The van der Waals surface area contributed by atoms with Gasteiger partial charge in [-0.2, -0.15) is 0 Å². The van der Waals surface area contributed by atoms with Gasteiger partial charge in [-0.3, -0.25) is 0 Å². The summed E-state index contributed by atoms with van der Waals surface area (Å²) in [6.45, 7) is 3.87. The minimum atomic E-state index is 0.902. The molecular weight excluding hydrogens is 124 g/mol. The van der Waals surface area contributed by atoms with Gasteiger partial charge < -0.3 is 4.98 Å². The second-order valence-corrected chi connectivity index (χ2v) is 1.97. The summed E-state index contributed by atoms with van der Waals surface area (Å²) in [5, 5.41) is 0. The Morgan fingerprint density at radius 3 is 3.00 bits per heavy atom. The molecule has 0 aliphatic heterocycles. The summed E-state index contributed by atoms with van der Waals surface area (Å²) in [5.74, 6) is 6.69. The van der Waals surface area contributed by atoms with E-state index in [1.54, 1.807) is 6.20 Å². The smallest absolute Gasteiger partial charge is 0.109 e. The van der Waals surface area contributed by atoms with E-state index >= 15 is 0 Å². The highest BCUT2D eigenvalue weighted by molar-refractivity contribution is 5.24. The number of H-pyrrole nitrogens is 1. The highest BCUT2D eigenvalue weighted by Crippen LogP contribution is 1.94. The lowest BCUT2D eigenvalue weighted by Crippen LogP contribution is -1.81. The van der Waals surface area contributed by atoms with E-state index in [1.807, 2.05) is 6.92 Å². The molecule has 0 fully saturated rings. The van der Waals surface area contributed by atoms with Crippen LogP contribution in [0.3, 0.4) is 0 Å². The first kappa shape index (κ1) is 6.88. The number of nitrogens with zero attached hydrogens (tertiary/aromatic N) is 1. The molecule has 0 atom stereocenters. The summed E-state index contributed by atoms with van der Waals surface area (Å²) in [6.07, 6.45) is 2.70. The molecule has 0 aromatic carbocycles. The van der Waals surface area contributed by atoms with Crippen LogP contribution in [0.5, 0.6) is 0 Å². The summed E-state index contributed by atoms with van der Waals surface area (Å²) < 4.78 is 0. The van der Waals surface area contributed by atoms with Gasteiger partial charge in [0, 0.05) is 6.42 Å².